The molecule has 1 aromatic heterocycles. The second kappa shape index (κ2) is 8.55. The van der Waals surface area contributed by atoms with Crippen LogP contribution in [0.15, 0.2) is 51.7 Å². The molecule has 0 saturated heterocycles. The van der Waals surface area contributed by atoms with E-state index >= 15 is 0 Å². The first-order valence-electron chi connectivity index (χ1n) is 10.7. The third kappa shape index (κ3) is 3.83. The molecule has 31 heavy (non-hydrogen) atoms. The zero-order chi connectivity index (χ0) is 22.1. The van der Waals surface area contributed by atoms with Gasteiger partial charge in [0.25, 0.3) is 5.91 Å². The number of fused-ring (bicyclic) bond motifs is 2. The monoisotopic (exact) mass is 420 g/mol. The van der Waals surface area contributed by atoms with E-state index in [4.69, 9.17) is 9.15 Å². The van der Waals surface area contributed by atoms with E-state index in [0.29, 0.717) is 42.0 Å². The van der Waals surface area contributed by atoms with E-state index in [1.807, 2.05) is 69.2 Å². The van der Waals surface area contributed by atoms with E-state index < -0.39 is 6.04 Å². The van der Waals surface area contributed by atoms with E-state index in [1.54, 1.807) is 11.0 Å². The molecule has 0 radical (unpaired) electrons. The number of carbonyl (C=O) groups is 1. The second-order valence-corrected chi connectivity index (χ2v) is 8.07. The Labute approximate surface area is 182 Å². The van der Waals surface area contributed by atoms with Crippen LogP contribution in [0.3, 0.4) is 0 Å². The standard InChI is InChI=1S/C25H28N2O4/c1-5-16-10-11-20-19(14-16)23(28)21-22(17-8-7-9-18(15-17)30-6-2)27(13-12-26(3)4)25(29)24(21)31-20/h7-11,14-15,22H,5-6,12-13H2,1-4H3. The fourth-order valence-electron chi connectivity index (χ4n) is 4.11. The fourth-order valence-corrected chi connectivity index (χ4v) is 4.11. The van der Waals surface area contributed by atoms with E-state index in [0.717, 1.165) is 17.5 Å². The summed E-state index contributed by atoms with van der Waals surface area (Å²) < 4.78 is 11.7. The van der Waals surface area contributed by atoms with Crippen molar-refractivity contribution in [3.63, 3.8) is 0 Å². The van der Waals surface area contributed by atoms with Crippen LogP contribution in [-0.2, 0) is 6.42 Å². The lowest BCUT2D eigenvalue weighted by Crippen LogP contribution is -2.35. The number of hydrogen-bond acceptors (Lipinski definition) is 5. The highest BCUT2D eigenvalue weighted by atomic mass is 16.5. The number of rotatable bonds is 7. The molecule has 1 unspecified atom stereocenters. The van der Waals surface area contributed by atoms with Crippen molar-refractivity contribution in [3.8, 4) is 5.75 Å². The molecule has 6 heteroatoms. The lowest BCUT2D eigenvalue weighted by molar-refractivity contribution is 0.0716. The quantitative estimate of drug-likeness (QED) is 0.581. The Balaban J connectivity index is 1.92. The lowest BCUT2D eigenvalue weighted by atomic mass is 9.97. The topological polar surface area (TPSA) is 63.0 Å². The zero-order valence-corrected chi connectivity index (χ0v) is 18.5. The van der Waals surface area contributed by atoms with Gasteiger partial charge >= 0.3 is 0 Å². The summed E-state index contributed by atoms with van der Waals surface area (Å²) in [5.74, 6) is 0.612. The average molecular weight is 421 g/mol. The molecule has 1 aliphatic heterocycles. The van der Waals surface area contributed by atoms with Gasteiger partial charge in [0.1, 0.15) is 11.3 Å². The van der Waals surface area contributed by atoms with Gasteiger partial charge in [0, 0.05) is 13.1 Å². The molecule has 1 amide bonds. The predicted molar refractivity (Wildman–Crippen MR) is 121 cm³/mol. The van der Waals surface area contributed by atoms with Gasteiger partial charge in [0.2, 0.25) is 5.76 Å². The van der Waals surface area contributed by atoms with E-state index in [1.165, 1.54) is 0 Å². The number of hydrogen-bond donors (Lipinski definition) is 0. The Morgan fingerprint density at radius 2 is 1.90 bits per heavy atom. The van der Waals surface area contributed by atoms with Gasteiger partial charge in [-0.05, 0) is 62.8 Å². The molecule has 2 aromatic carbocycles. The van der Waals surface area contributed by atoms with Crippen molar-refractivity contribution in [2.45, 2.75) is 26.3 Å². The highest BCUT2D eigenvalue weighted by Gasteiger charge is 2.42. The molecule has 0 bridgehead atoms. The third-order valence-corrected chi connectivity index (χ3v) is 5.71. The van der Waals surface area contributed by atoms with Gasteiger partial charge in [0.15, 0.2) is 5.43 Å². The highest BCUT2D eigenvalue weighted by Crippen LogP contribution is 2.39. The van der Waals surface area contributed by atoms with E-state index in [-0.39, 0.29) is 17.1 Å². The molecule has 1 aliphatic rings. The predicted octanol–water partition coefficient (Wildman–Crippen LogP) is 3.86. The number of benzene rings is 2. The third-order valence-electron chi connectivity index (χ3n) is 5.71. The summed E-state index contributed by atoms with van der Waals surface area (Å²) in [4.78, 5) is 30.8. The Morgan fingerprint density at radius 3 is 2.61 bits per heavy atom. The Bertz CT molecular complexity index is 1180. The van der Waals surface area contributed by atoms with Crippen LogP contribution in [-0.4, -0.2) is 49.5 Å². The number of carbonyl (C=O) groups excluding carboxylic acids is 1. The molecular weight excluding hydrogens is 392 g/mol. The van der Waals surface area contributed by atoms with Crippen LogP contribution in [0.2, 0.25) is 0 Å². The number of ether oxygens (including phenoxy) is 1. The Kier molecular flexibility index (Phi) is 5.83. The van der Waals surface area contributed by atoms with Crippen LogP contribution in [0.4, 0.5) is 0 Å². The summed E-state index contributed by atoms with van der Waals surface area (Å²) >= 11 is 0. The molecule has 0 aliphatic carbocycles. The Hall–Kier alpha value is -3.12. The van der Waals surface area contributed by atoms with Crippen molar-refractivity contribution in [2.75, 3.05) is 33.8 Å². The van der Waals surface area contributed by atoms with Gasteiger partial charge < -0.3 is 19.0 Å². The Morgan fingerprint density at radius 1 is 1.10 bits per heavy atom. The minimum atomic E-state index is -0.506. The fraction of sp³-hybridized carbons (Fsp3) is 0.360. The first-order chi connectivity index (χ1) is 14.9. The first kappa shape index (κ1) is 21.1. The van der Waals surface area contributed by atoms with Gasteiger partial charge in [-0.3, -0.25) is 9.59 Å². The molecule has 0 saturated carbocycles. The SMILES string of the molecule is CCOc1cccc(C2c3c(oc4ccc(CC)cc4c3=O)C(=O)N2CCN(C)C)c1. The molecule has 0 N–H and O–H groups in total. The average Bonchev–Trinajstić information content (AvgIpc) is 3.04. The van der Waals surface area contributed by atoms with Gasteiger partial charge in [-0.25, -0.2) is 0 Å². The molecule has 0 fully saturated rings. The molecular formula is C25H28N2O4. The molecule has 1 atom stereocenters. The van der Waals surface area contributed by atoms with Gasteiger partial charge in [-0.2, -0.15) is 0 Å². The van der Waals surface area contributed by atoms with Gasteiger partial charge in [0.05, 0.1) is 23.6 Å². The lowest BCUT2D eigenvalue weighted by Gasteiger charge is -2.26. The van der Waals surface area contributed by atoms with Crippen LogP contribution in [0.25, 0.3) is 11.0 Å². The molecule has 6 nitrogen and oxygen atoms in total. The summed E-state index contributed by atoms with van der Waals surface area (Å²) in [6, 6.07) is 12.7. The number of likely N-dealkylation sites (N-methyl/N-ethyl adjacent to an activating group) is 1. The first-order valence-corrected chi connectivity index (χ1v) is 10.7. The maximum atomic E-state index is 13.6. The maximum Gasteiger partial charge on any atom is 0.290 e. The van der Waals surface area contributed by atoms with Crippen LogP contribution in [0.5, 0.6) is 5.75 Å². The van der Waals surface area contributed by atoms with Crippen molar-refractivity contribution in [1.29, 1.82) is 0 Å². The number of aryl methyl sites for hydroxylation is 1. The van der Waals surface area contributed by atoms with Crippen LogP contribution in [0, 0.1) is 0 Å². The summed E-state index contributed by atoms with van der Waals surface area (Å²) in [6.45, 7) is 5.67. The minimum Gasteiger partial charge on any atom is -0.494 e. The largest absolute Gasteiger partial charge is 0.494 e. The summed E-state index contributed by atoms with van der Waals surface area (Å²) in [5, 5.41) is 0.520. The minimum absolute atomic E-state index is 0.140. The normalized spacial score (nSPS) is 15.7. The molecule has 2 heterocycles. The molecule has 4 rings (SSSR count). The van der Waals surface area contributed by atoms with E-state index in [9.17, 15) is 9.59 Å². The van der Waals surface area contributed by atoms with Gasteiger partial charge in [-0.1, -0.05) is 25.1 Å². The maximum absolute atomic E-state index is 13.6. The second-order valence-electron chi connectivity index (χ2n) is 8.07. The van der Waals surface area contributed by atoms with E-state index in [2.05, 4.69) is 0 Å². The molecule has 0 spiro atoms. The van der Waals surface area contributed by atoms with Crippen LogP contribution < -0.4 is 10.2 Å². The summed E-state index contributed by atoms with van der Waals surface area (Å²) in [7, 11) is 3.92. The van der Waals surface area contributed by atoms with Crippen molar-refractivity contribution in [3.05, 3.63) is 75.1 Å². The molecule has 162 valence electrons. The van der Waals surface area contributed by atoms with Crippen LogP contribution >= 0.6 is 0 Å². The van der Waals surface area contributed by atoms with Crippen molar-refractivity contribution in [2.24, 2.45) is 0 Å². The van der Waals surface area contributed by atoms with Crippen LogP contribution in [0.1, 0.15) is 47.1 Å². The zero-order valence-electron chi connectivity index (χ0n) is 18.5. The molecule has 3 aromatic rings. The highest BCUT2D eigenvalue weighted by molar-refractivity contribution is 5.99. The van der Waals surface area contributed by atoms with Gasteiger partial charge in [-0.15, -0.1) is 0 Å². The van der Waals surface area contributed by atoms with Crippen molar-refractivity contribution in [1.82, 2.24) is 9.80 Å². The number of nitrogens with zero attached hydrogens (tertiary/aromatic N) is 2. The van der Waals surface area contributed by atoms with Crippen molar-refractivity contribution < 1.29 is 13.9 Å². The number of amides is 1. The summed E-state index contributed by atoms with van der Waals surface area (Å²) in [6.07, 6.45) is 0.820. The van der Waals surface area contributed by atoms with Crippen molar-refractivity contribution >= 4 is 16.9 Å². The summed E-state index contributed by atoms with van der Waals surface area (Å²) in [5.41, 5.74) is 2.63. The smallest absolute Gasteiger partial charge is 0.290 e.